The van der Waals surface area contributed by atoms with Gasteiger partial charge in [0, 0.05) is 24.0 Å². The van der Waals surface area contributed by atoms with Crippen molar-refractivity contribution < 1.29 is 8.42 Å². The molecule has 172 valence electrons. The summed E-state index contributed by atoms with van der Waals surface area (Å²) in [5.41, 5.74) is 0.227. The topological polar surface area (TPSA) is 72.3 Å². The van der Waals surface area contributed by atoms with Crippen molar-refractivity contribution in [3.8, 4) is 0 Å². The Labute approximate surface area is 198 Å². The number of hydrogen-bond acceptors (Lipinski definition) is 4. The predicted molar refractivity (Wildman–Crippen MR) is 133 cm³/mol. The van der Waals surface area contributed by atoms with Gasteiger partial charge in [0.2, 0.25) is 10.0 Å². The van der Waals surface area contributed by atoms with Crippen molar-refractivity contribution in [1.82, 2.24) is 13.9 Å². The largest absolute Gasteiger partial charge is 0.298 e. The Morgan fingerprint density at radius 1 is 1.06 bits per heavy atom. The molecular weight excluding hydrogens is 458 g/mol. The lowest BCUT2D eigenvalue weighted by molar-refractivity contribution is 0.319. The number of aromatic nitrogens is 2. The van der Waals surface area contributed by atoms with E-state index >= 15 is 0 Å². The smallest absolute Gasteiger partial charge is 0.261 e. The van der Waals surface area contributed by atoms with Gasteiger partial charge in [-0.2, -0.15) is 4.31 Å². The van der Waals surface area contributed by atoms with Crippen LogP contribution < -0.4 is 5.56 Å². The van der Waals surface area contributed by atoms with Crippen LogP contribution in [0.1, 0.15) is 38.6 Å². The van der Waals surface area contributed by atoms with Crippen molar-refractivity contribution in [3.05, 3.63) is 81.9 Å². The standard InChI is InChI=1S/C25H26ClN3O3S/c1-4-5-15-29(33(31,32)23-12-8-10-18-9-6-7-11-20(18)23)17(2)24-27-22-14-13-19(26)16-21(22)25(30)28(24)3/h6-14,16-17H,4-5,15H2,1-3H3. The van der Waals surface area contributed by atoms with Crippen LogP contribution in [0.4, 0.5) is 0 Å². The number of fused-ring (bicyclic) bond motifs is 2. The molecule has 6 nitrogen and oxygen atoms in total. The lowest BCUT2D eigenvalue weighted by atomic mass is 10.1. The Morgan fingerprint density at radius 2 is 1.79 bits per heavy atom. The Morgan fingerprint density at radius 3 is 2.55 bits per heavy atom. The minimum atomic E-state index is -3.88. The molecule has 0 aliphatic heterocycles. The summed E-state index contributed by atoms with van der Waals surface area (Å²) in [5, 5.41) is 2.38. The molecule has 8 heteroatoms. The summed E-state index contributed by atoms with van der Waals surface area (Å²) < 4.78 is 30.8. The van der Waals surface area contributed by atoms with Gasteiger partial charge in [-0.1, -0.05) is 61.3 Å². The molecule has 1 heterocycles. The third-order valence-electron chi connectivity index (χ3n) is 5.95. The maximum absolute atomic E-state index is 14.0. The van der Waals surface area contributed by atoms with E-state index in [1.165, 1.54) is 8.87 Å². The van der Waals surface area contributed by atoms with Crippen LogP contribution in [0.2, 0.25) is 5.02 Å². The molecule has 0 radical (unpaired) electrons. The molecule has 0 saturated carbocycles. The van der Waals surface area contributed by atoms with Crippen LogP contribution in [0.5, 0.6) is 0 Å². The highest BCUT2D eigenvalue weighted by molar-refractivity contribution is 7.89. The van der Waals surface area contributed by atoms with E-state index < -0.39 is 16.1 Å². The van der Waals surface area contributed by atoms with Gasteiger partial charge in [-0.15, -0.1) is 0 Å². The Bertz CT molecular complexity index is 1490. The van der Waals surface area contributed by atoms with Crippen LogP contribution in [0, 0.1) is 0 Å². The number of rotatable bonds is 7. The molecule has 1 atom stereocenters. The summed E-state index contributed by atoms with van der Waals surface area (Å²) in [6, 6.07) is 17.0. The maximum Gasteiger partial charge on any atom is 0.261 e. The number of sulfonamides is 1. The first-order valence-corrected chi connectivity index (χ1v) is 12.7. The van der Waals surface area contributed by atoms with Gasteiger partial charge in [0.05, 0.1) is 21.8 Å². The third-order valence-corrected chi connectivity index (χ3v) is 8.21. The van der Waals surface area contributed by atoms with E-state index in [1.807, 2.05) is 37.3 Å². The Balaban J connectivity index is 1.88. The fraction of sp³-hybridized carbons (Fsp3) is 0.280. The van der Waals surface area contributed by atoms with E-state index in [0.717, 1.165) is 11.8 Å². The second-order valence-corrected chi connectivity index (χ2v) is 10.4. The number of benzene rings is 3. The fourth-order valence-electron chi connectivity index (χ4n) is 4.15. The highest BCUT2D eigenvalue weighted by Crippen LogP contribution is 2.31. The van der Waals surface area contributed by atoms with Crippen molar-refractivity contribution in [2.75, 3.05) is 6.54 Å². The van der Waals surface area contributed by atoms with E-state index in [9.17, 15) is 13.2 Å². The minimum Gasteiger partial charge on any atom is -0.298 e. The molecule has 0 fully saturated rings. The molecule has 0 amide bonds. The zero-order valence-electron chi connectivity index (χ0n) is 18.8. The van der Waals surface area contributed by atoms with Crippen molar-refractivity contribution >= 4 is 43.3 Å². The highest BCUT2D eigenvalue weighted by Gasteiger charge is 2.33. The molecule has 4 aromatic rings. The first-order valence-electron chi connectivity index (χ1n) is 10.9. The van der Waals surface area contributed by atoms with Gasteiger partial charge in [0.15, 0.2) is 0 Å². The van der Waals surface area contributed by atoms with E-state index in [1.54, 1.807) is 44.3 Å². The quantitative estimate of drug-likeness (QED) is 0.358. The predicted octanol–water partition coefficient (Wildman–Crippen LogP) is 5.29. The first kappa shape index (κ1) is 23.4. The molecule has 1 aromatic heterocycles. The van der Waals surface area contributed by atoms with Gasteiger partial charge in [-0.05, 0) is 43.0 Å². The Hall–Kier alpha value is -2.74. The number of unbranched alkanes of at least 4 members (excludes halogenated alkanes) is 1. The van der Waals surface area contributed by atoms with E-state index in [0.29, 0.717) is 40.1 Å². The third kappa shape index (κ3) is 4.28. The molecule has 0 spiro atoms. The van der Waals surface area contributed by atoms with Gasteiger partial charge < -0.3 is 0 Å². The summed E-state index contributed by atoms with van der Waals surface area (Å²) in [5.74, 6) is 0.384. The molecule has 0 bridgehead atoms. The van der Waals surface area contributed by atoms with Gasteiger partial charge in [0.25, 0.3) is 5.56 Å². The first-order chi connectivity index (χ1) is 15.8. The molecule has 1 unspecified atom stereocenters. The van der Waals surface area contributed by atoms with E-state index in [4.69, 9.17) is 11.6 Å². The Kier molecular flexibility index (Phi) is 6.56. The molecule has 0 N–H and O–H groups in total. The lowest BCUT2D eigenvalue weighted by Gasteiger charge is -2.29. The van der Waals surface area contributed by atoms with Crippen LogP contribution in [-0.2, 0) is 17.1 Å². The number of halogens is 1. The molecule has 33 heavy (non-hydrogen) atoms. The number of hydrogen-bond donors (Lipinski definition) is 0. The number of nitrogens with zero attached hydrogens (tertiary/aromatic N) is 3. The summed E-state index contributed by atoms with van der Waals surface area (Å²) in [6.07, 6.45) is 1.52. The van der Waals surface area contributed by atoms with E-state index in [2.05, 4.69) is 4.98 Å². The molecule has 0 aliphatic carbocycles. The van der Waals surface area contributed by atoms with Gasteiger partial charge in [-0.3, -0.25) is 9.36 Å². The van der Waals surface area contributed by atoms with Crippen molar-refractivity contribution in [1.29, 1.82) is 0 Å². The van der Waals surface area contributed by atoms with E-state index in [-0.39, 0.29) is 10.5 Å². The summed E-state index contributed by atoms with van der Waals surface area (Å²) in [7, 11) is -2.26. The van der Waals surface area contributed by atoms with Crippen LogP contribution in [0.3, 0.4) is 0 Å². The van der Waals surface area contributed by atoms with Crippen LogP contribution in [-0.4, -0.2) is 28.8 Å². The average molecular weight is 484 g/mol. The summed E-state index contributed by atoms with van der Waals surface area (Å²) >= 11 is 6.06. The summed E-state index contributed by atoms with van der Waals surface area (Å²) in [6.45, 7) is 4.11. The fourth-order valence-corrected chi connectivity index (χ4v) is 6.16. The maximum atomic E-state index is 14.0. The van der Waals surface area contributed by atoms with Crippen molar-refractivity contribution in [2.24, 2.45) is 7.05 Å². The monoisotopic (exact) mass is 483 g/mol. The average Bonchev–Trinajstić information content (AvgIpc) is 2.81. The van der Waals surface area contributed by atoms with Crippen molar-refractivity contribution in [2.45, 2.75) is 37.6 Å². The second kappa shape index (κ2) is 9.25. The molecular formula is C25H26ClN3O3S. The normalized spacial score (nSPS) is 13.1. The summed E-state index contributed by atoms with van der Waals surface area (Å²) in [4.78, 5) is 18.0. The molecule has 0 aliphatic rings. The lowest BCUT2D eigenvalue weighted by Crippen LogP contribution is -2.38. The van der Waals surface area contributed by atoms with Crippen LogP contribution >= 0.6 is 11.6 Å². The highest BCUT2D eigenvalue weighted by atomic mass is 35.5. The van der Waals surface area contributed by atoms with Crippen LogP contribution in [0.25, 0.3) is 21.7 Å². The van der Waals surface area contributed by atoms with Gasteiger partial charge >= 0.3 is 0 Å². The zero-order valence-corrected chi connectivity index (χ0v) is 20.4. The van der Waals surface area contributed by atoms with Crippen LogP contribution in [0.15, 0.2) is 70.4 Å². The van der Waals surface area contributed by atoms with Gasteiger partial charge in [0.1, 0.15) is 5.82 Å². The van der Waals surface area contributed by atoms with Gasteiger partial charge in [-0.25, -0.2) is 13.4 Å². The minimum absolute atomic E-state index is 0.251. The molecule has 0 saturated heterocycles. The molecule has 3 aromatic carbocycles. The van der Waals surface area contributed by atoms with Crippen molar-refractivity contribution in [3.63, 3.8) is 0 Å². The molecule has 4 rings (SSSR count). The SMILES string of the molecule is CCCCN(C(C)c1nc2ccc(Cl)cc2c(=O)n1C)S(=O)(=O)c1cccc2ccccc12. The zero-order chi connectivity index (χ0) is 23.8. The second-order valence-electron chi connectivity index (χ2n) is 8.12.